The largest absolute Gasteiger partial charge is 0.469 e. The number of aromatic amines is 2. The molecule has 0 amide bonds. The minimum absolute atomic E-state index is 0.0559. The average Bonchev–Trinajstić information content (AvgIpc) is 3.79. The third-order valence-electron chi connectivity index (χ3n) is 10.2. The maximum Gasteiger partial charge on any atom is 0.311 e. The van der Waals surface area contributed by atoms with Crippen LogP contribution in [0, 0.1) is 24.0 Å². The van der Waals surface area contributed by atoms with Gasteiger partial charge in [-0.1, -0.05) is 13.8 Å². The van der Waals surface area contributed by atoms with E-state index in [1.807, 2.05) is 19.9 Å². The molecular weight excluding hydrogens is 658 g/mol. The second kappa shape index (κ2) is 14.8. The third kappa shape index (κ3) is 7.03. The molecule has 0 radical (unpaired) electrons. The molecule has 0 saturated carbocycles. The monoisotopic (exact) mass is 701 g/mol. The van der Waals surface area contributed by atoms with E-state index >= 15 is 0 Å². The maximum atomic E-state index is 13.1. The lowest BCUT2D eigenvalue weighted by atomic mass is 9.98. The molecule has 0 spiro atoms. The van der Waals surface area contributed by atoms with Crippen molar-refractivity contribution in [2.75, 3.05) is 7.11 Å². The first-order valence-electron chi connectivity index (χ1n) is 17.6. The molecule has 52 heavy (non-hydrogen) atoms. The van der Waals surface area contributed by atoms with E-state index in [2.05, 4.69) is 55.9 Å². The number of aromatic nitrogens is 4. The van der Waals surface area contributed by atoms with Crippen LogP contribution < -0.4 is 4.74 Å². The van der Waals surface area contributed by atoms with E-state index in [0.717, 1.165) is 74.2 Å². The molecule has 0 aliphatic carbocycles. The minimum atomic E-state index is -0.502. The SMILES string of the molecule is CCc1c(C)c2cc3[nH]c(cc4nc(cc5nc(cc1[nH]2)C(C)=C5CCC(=O)Oc1ccc([N+](=O)[O-])cc1)C(CCC(=O)OC)=C4C)c(C)c3CC. The molecule has 2 aliphatic heterocycles. The summed E-state index contributed by atoms with van der Waals surface area (Å²) in [5.41, 5.74) is 15.4. The number of nitrogens with one attached hydrogen (secondary N) is 2. The number of esters is 2. The minimum Gasteiger partial charge on any atom is -0.469 e. The van der Waals surface area contributed by atoms with Crippen LogP contribution in [0.1, 0.15) is 98.4 Å². The van der Waals surface area contributed by atoms with Gasteiger partial charge in [0.2, 0.25) is 0 Å². The van der Waals surface area contributed by atoms with Gasteiger partial charge in [-0.2, -0.15) is 0 Å². The van der Waals surface area contributed by atoms with Crippen molar-refractivity contribution < 1.29 is 24.0 Å². The average molecular weight is 702 g/mol. The number of carbonyl (C=O) groups is 2. The van der Waals surface area contributed by atoms with Gasteiger partial charge in [0.15, 0.2) is 0 Å². The van der Waals surface area contributed by atoms with Crippen molar-refractivity contribution >= 4 is 62.0 Å². The number of benzene rings is 1. The number of rotatable bonds is 10. The van der Waals surface area contributed by atoms with Gasteiger partial charge in [0.1, 0.15) is 5.75 Å². The molecule has 5 heterocycles. The highest BCUT2D eigenvalue weighted by molar-refractivity contribution is 5.96. The number of hydrogen-bond acceptors (Lipinski definition) is 8. The van der Waals surface area contributed by atoms with E-state index in [-0.39, 0.29) is 30.2 Å². The van der Waals surface area contributed by atoms with Gasteiger partial charge in [-0.05, 0) is 134 Å². The van der Waals surface area contributed by atoms with Crippen LogP contribution in [0.25, 0.3) is 44.4 Å². The molecule has 11 nitrogen and oxygen atoms in total. The Morgan fingerprint density at radius 3 is 1.67 bits per heavy atom. The lowest BCUT2D eigenvalue weighted by molar-refractivity contribution is -0.384. The fourth-order valence-corrected chi connectivity index (χ4v) is 7.13. The first kappa shape index (κ1) is 36.0. The quantitative estimate of drug-likeness (QED) is 0.0718. The fourth-order valence-electron chi connectivity index (χ4n) is 7.13. The highest BCUT2D eigenvalue weighted by Gasteiger charge is 2.23. The van der Waals surface area contributed by atoms with Gasteiger partial charge in [-0.3, -0.25) is 19.7 Å². The maximum absolute atomic E-state index is 13.1. The normalized spacial score (nSPS) is 12.8. The third-order valence-corrected chi connectivity index (χ3v) is 10.2. The van der Waals surface area contributed by atoms with Crippen LogP contribution in [-0.2, 0) is 27.2 Å². The molecule has 3 aromatic heterocycles. The zero-order valence-corrected chi connectivity index (χ0v) is 30.7. The summed E-state index contributed by atoms with van der Waals surface area (Å²) in [6.45, 7) is 12.6. The Kier molecular flexibility index (Phi) is 10.2. The van der Waals surface area contributed by atoms with Crippen molar-refractivity contribution in [3.8, 4) is 5.75 Å². The van der Waals surface area contributed by atoms with E-state index in [9.17, 15) is 19.7 Å². The number of allylic oxidation sites excluding steroid dienone is 4. The van der Waals surface area contributed by atoms with Crippen molar-refractivity contribution in [3.05, 3.63) is 104 Å². The molecule has 0 atom stereocenters. The number of hydrogen-bond donors (Lipinski definition) is 2. The summed E-state index contributed by atoms with van der Waals surface area (Å²) >= 11 is 0. The van der Waals surface area contributed by atoms with Gasteiger partial charge in [0.05, 0.1) is 41.2 Å². The number of nitro groups is 1. The first-order valence-corrected chi connectivity index (χ1v) is 17.6. The van der Waals surface area contributed by atoms with Gasteiger partial charge in [0, 0.05) is 40.6 Å². The van der Waals surface area contributed by atoms with Gasteiger partial charge in [-0.15, -0.1) is 0 Å². The van der Waals surface area contributed by atoms with E-state index in [4.69, 9.17) is 19.4 Å². The number of non-ortho nitro benzene ring substituents is 1. The molecule has 4 aromatic rings. The number of fused-ring (bicyclic) bond motifs is 8. The lowest BCUT2D eigenvalue weighted by Gasteiger charge is -2.07. The summed E-state index contributed by atoms with van der Waals surface area (Å²) in [6.07, 6.45) is 2.73. The van der Waals surface area contributed by atoms with Crippen LogP contribution in [0.4, 0.5) is 5.69 Å². The smallest absolute Gasteiger partial charge is 0.311 e. The molecule has 8 bridgehead atoms. The standard InChI is InChI=1S/C41H43N5O6/c1-8-28-22(3)32-18-33-24(5)30(14-16-40(47)51-7)38(44-33)21-39-31(15-17-41(48)52-27-12-10-26(11-13-27)46(49)50)25(6)35(45-39)20-37-29(9-2)23(4)34(43-37)19-36(28)42-32/h10-13,18-21,42-43H,8-9,14-17H2,1-7H3. The Bertz CT molecular complexity index is 2340. The number of nitro benzene ring substituents is 1. The summed E-state index contributed by atoms with van der Waals surface area (Å²) in [6, 6.07) is 13.7. The number of ether oxygens (including phenoxy) is 2. The zero-order chi connectivity index (χ0) is 37.3. The van der Waals surface area contributed by atoms with Crippen LogP contribution in [0.3, 0.4) is 0 Å². The van der Waals surface area contributed by atoms with E-state index < -0.39 is 10.9 Å². The van der Waals surface area contributed by atoms with Crippen molar-refractivity contribution in [2.24, 2.45) is 0 Å². The van der Waals surface area contributed by atoms with Gasteiger partial charge in [-0.25, -0.2) is 9.97 Å². The molecule has 2 N–H and O–H groups in total. The predicted octanol–water partition coefficient (Wildman–Crippen LogP) is 9.17. The van der Waals surface area contributed by atoms with E-state index in [1.165, 1.54) is 48.1 Å². The van der Waals surface area contributed by atoms with E-state index in [0.29, 0.717) is 24.2 Å². The van der Waals surface area contributed by atoms with E-state index in [1.54, 1.807) is 0 Å². The summed E-state index contributed by atoms with van der Waals surface area (Å²) < 4.78 is 10.5. The summed E-state index contributed by atoms with van der Waals surface area (Å²) in [7, 11) is 1.39. The Morgan fingerprint density at radius 2 is 1.17 bits per heavy atom. The zero-order valence-electron chi connectivity index (χ0n) is 30.7. The van der Waals surface area contributed by atoms with Crippen LogP contribution in [0.5, 0.6) is 5.75 Å². The van der Waals surface area contributed by atoms with Crippen LogP contribution in [0.15, 0.2) is 48.5 Å². The summed E-state index contributed by atoms with van der Waals surface area (Å²) in [5, 5.41) is 11.0. The van der Waals surface area contributed by atoms with Crippen LogP contribution >= 0.6 is 0 Å². The lowest BCUT2D eigenvalue weighted by Crippen LogP contribution is -2.08. The number of nitrogens with zero attached hydrogens (tertiary/aromatic N) is 3. The summed E-state index contributed by atoms with van der Waals surface area (Å²) in [5.74, 6) is -0.538. The molecule has 6 rings (SSSR count). The number of methoxy groups -OCH3 is 1. The van der Waals surface area contributed by atoms with Crippen LogP contribution in [0.2, 0.25) is 0 Å². The number of H-pyrrole nitrogens is 2. The van der Waals surface area contributed by atoms with Crippen molar-refractivity contribution in [2.45, 2.75) is 80.1 Å². The fraction of sp³-hybridized carbons (Fsp3) is 0.317. The highest BCUT2D eigenvalue weighted by atomic mass is 16.6. The van der Waals surface area contributed by atoms with Crippen LogP contribution in [-0.4, -0.2) is 43.9 Å². The molecule has 11 heteroatoms. The van der Waals surface area contributed by atoms with Crippen molar-refractivity contribution in [3.63, 3.8) is 0 Å². The number of carbonyl (C=O) groups excluding carboxylic acids is 2. The summed E-state index contributed by atoms with van der Waals surface area (Å²) in [4.78, 5) is 53.5. The van der Waals surface area contributed by atoms with Gasteiger partial charge < -0.3 is 19.4 Å². The Morgan fingerprint density at radius 1 is 0.692 bits per heavy atom. The predicted molar refractivity (Wildman–Crippen MR) is 203 cm³/mol. The molecule has 0 unspecified atom stereocenters. The second-order valence-electron chi connectivity index (χ2n) is 13.2. The van der Waals surface area contributed by atoms with Gasteiger partial charge >= 0.3 is 11.9 Å². The van der Waals surface area contributed by atoms with Crippen molar-refractivity contribution in [1.29, 1.82) is 0 Å². The molecule has 268 valence electrons. The number of aryl methyl sites for hydroxylation is 4. The molecule has 0 saturated heterocycles. The topological polar surface area (TPSA) is 153 Å². The highest BCUT2D eigenvalue weighted by Crippen LogP contribution is 2.38. The molecular formula is C41H43N5O6. The van der Waals surface area contributed by atoms with Crippen molar-refractivity contribution in [1.82, 2.24) is 19.9 Å². The molecule has 1 aromatic carbocycles. The Balaban J connectivity index is 1.53. The first-order chi connectivity index (χ1) is 24.9. The van der Waals surface area contributed by atoms with Gasteiger partial charge in [0.25, 0.3) is 5.69 Å². The molecule has 0 fully saturated rings. The Hall–Kier alpha value is -5.84. The Labute approximate surface area is 302 Å². The second-order valence-corrected chi connectivity index (χ2v) is 13.2. The molecule has 2 aliphatic rings.